The summed E-state index contributed by atoms with van der Waals surface area (Å²) in [5, 5.41) is 0. The summed E-state index contributed by atoms with van der Waals surface area (Å²) in [6.45, 7) is 0. The highest BCUT2D eigenvalue weighted by Crippen LogP contribution is 2.10. The third kappa shape index (κ3) is 0.883. The minimum absolute atomic E-state index is 0.0255. The monoisotopic (exact) mass is 128 g/mol. The summed E-state index contributed by atoms with van der Waals surface area (Å²) in [4.78, 5) is 6.60. The Bertz CT molecular complexity index is 204. The molecule has 0 aliphatic rings. The molecule has 0 atom stereocenters. The van der Waals surface area contributed by atoms with Gasteiger partial charge < -0.3 is 11.5 Å². The van der Waals surface area contributed by atoms with E-state index in [0.29, 0.717) is 0 Å². The Morgan fingerprint density at radius 3 is 2.44 bits per heavy atom. The van der Waals surface area contributed by atoms with Gasteiger partial charge in [0, 0.05) is 0 Å². The molecule has 0 radical (unpaired) electrons. The van der Waals surface area contributed by atoms with Crippen LogP contribution in [-0.4, -0.2) is 9.97 Å². The van der Waals surface area contributed by atoms with Crippen molar-refractivity contribution in [2.75, 3.05) is 11.5 Å². The van der Waals surface area contributed by atoms with E-state index in [9.17, 15) is 4.39 Å². The average Bonchev–Trinajstić information content (AvgIpc) is 1.83. The molecule has 0 saturated carbocycles. The Labute approximate surface area is 50.7 Å². The predicted molar refractivity (Wildman–Crippen MR) is 30.8 cm³/mol. The van der Waals surface area contributed by atoms with Gasteiger partial charge in [0.05, 0.1) is 0 Å². The highest BCUT2D eigenvalue weighted by Gasteiger charge is 2.01. The van der Waals surface area contributed by atoms with Crippen molar-refractivity contribution in [2.45, 2.75) is 0 Å². The Morgan fingerprint density at radius 1 is 1.33 bits per heavy atom. The van der Waals surface area contributed by atoms with Gasteiger partial charge in [0.2, 0.25) is 5.95 Å². The molecule has 9 heavy (non-hydrogen) atoms. The normalized spacial score (nSPS) is 9.44. The van der Waals surface area contributed by atoms with E-state index in [2.05, 4.69) is 9.97 Å². The summed E-state index contributed by atoms with van der Waals surface area (Å²) >= 11 is 0. The number of halogens is 1. The zero-order valence-corrected chi connectivity index (χ0v) is 4.50. The zero-order chi connectivity index (χ0) is 6.85. The topological polar surface area (TPSA) is 77.8 Å². The van der Waals surface area contributed by atoms with Crippen LogP contribution >= 0.6 is 0 Å². The number of nitrogens with two attached hydrogens (primary N) is 2. The Balaban J connectivity index is 3.25. The molecule has 0 fully saturated rings. The lowest BCUT2D eigenvalue weighted by Gasteiger charge is -1.95. The fourth-order valence-corrected chi connectivity index (χ4v) is 0.387. The lowest BCUT2D eigenvalue weighted by molar-refractivity contribution is 0.586. The second kappa shape index (κ2) is 1.85. The SMILES string of the molecule is Nc1ncnc(F)c1N. The number of nitrogens with zero attached hydrogens (tertiary/aromatic N) is 2. The van der Waals surface area contributed by atoms with Crippen LogP contribution in [0.3, 0.4) is 0 Å². The van der Waals surface area contributed by atoms with E-state index < -0.39 is 5.95 Å². The third-order valence-electron chi connectivity index (χ3n) is 0.866. The van der Waals surface area contributed by atoms with Crippen molar-refractivity contribution < 1.29 is 4.39 Å². The Hall–Kier alpha value is -1.39. The van der Waals surface area contributed by atoms with Gasteiger partial charge in [0.1, 0.15) is 12.0 Å². The van der Waals surface area contributed by atoms with E-state index in [4.69, 9.17) is 11.5 Å². The van der Waals surface area contributed by atoms with E-state index in [1.807, 2.05) is 0 Å². The predicted octanol–water partition coefficient (Wildman–Crippen LogP) is -0.220. The molecule has 4 nitrogen and oxygen atoms in total. The van der Waals surface area contributed by atoms with Gasteiger partial charge in [-0.1, -0.05) is 0 Å². The van der Waals surface area contributed by atoms with E-state index in [1.54, 1.807) is 0 Å². The molecular weight excluding hydrogens is 123 g/mol. The quantitative estimate of drug-likeness (QED) is 0.473. The van der Waals surface area contributed by atoms with Gasteiger partial charge in [0.25, 0.3) is 0 Å². The van der Waals surface area contributed by atoms with Crippen molar-refractivity contribution in [3.05, 3.63) is 12.3 Å². The smallest absolute Gasteiger partial charge is 0.241 e. The molecule has 1 aromatic rings. The molecule has 0 amide bonds. The minimum atomic E-state index is -0.775. The van der Waals surface area contributed by atoms with Crippen LogP contribution in [-0.2, 0) is 0 Å². The van der Waals surface area contributed by atoms with Gasteiger partial charge in [-0.3, -0.25) is 0 Å². The maximum Gasteiger partial charge on any atom is 0.241 e. The standard InChI is InChI=1S/C4H5FN4/c5-3-2(6)4(7)9-1-8-3/h1H,6H2,(H2,7,8,9). The second-order valence-corrected chi connectivity index (χ2v) is 1.46. The summed E-state index contributed by atoms with van der Waals surface area (Å²) in [5.74, 6) is -0.801. The van der Waals surface area contributed by atoms with Crippen LogP contribution in [0.5, 0.6) is 0 Å². The van der Waals surface area contributed by atoms with E-state index in [-0.39, 0.29) is 11.5 Å². The molecule has 1 rings (SSSR count). The van der Waals surface area contributed by atoms with Crippen LogP contribution in [0.15, 0.2) is 6.33 Å². The number of aromatic nitrogens is 2. The van der Waals surface area contributed by atoms with Crippen LogP contribution in [0.4, 0.5) is 15.9 Å². The molecule has 0 aromatic carbocycles. The molecular formula is C4H5FN4. The zero-order valence-electron chi connectivity index (χ0n) is 4.50. The van der Waals surface area contributed by atoms with Crippen molar-refractivity contribution >= 4 is 11.5 Å². The van der Waals surface area contributed by atoms with Crippen LogP contribution in [0.1, 0.15) is 0 Å². The first-order valence-electron chi connectivity index (χ1n) is 2.23. The van der Waals surface area contributed by atoms with E-state index >= 15 is 0 Å². The van der Waals surface area contributed by atoms with Gasteiger partial charge >= 0.3 is 0 Å². The summed E-state index contributed by atoms with van der Waals surface area (Å²) in [6.07, 6.45) is 1.01. The maximum atomic E-state index is 12.2. The number of nitrogen functional groups attached to an aromatic ring is 2. The van der Waals surface area contributed by atoms with E-state index in [0.717, 1.165) is 6.33 Å². The van der Waals surface area contributed by atoms with Crippen molar-refractivity contribution in [3.8, 4) is 0 Å². The lowest BCUT2D eigenvalue weighted by Crippen LogP contribution is -2.01. The van der Waals surface area contributed by atoms with Crippen LogP contribution in [0, 0.1) is 5.95 Å². The summed E-state index contributed by atoms with van der Waals surface area (Å²) < 4.78 is 12.2. The second-order valence-electron chi connectivity index (χ2n) is 1.46. The molecule has 5 heteroatoms. The molecule has 1 heterocycles. The van der Waals surface area contributed by atoms with Crippen molar-refractivity contribution in [2.24, 2.45) is 0 Å². The van der Waals surface area contributed by atoms with Gasteiger partial charge in [0.15, 0.2) is 5.82 Å². The van der Waals surface area contributed by atoms with Crippen LogP contribution in [0.25, 0.3) is 0 Å². The molecule has 0 unspecified atom stereocenters. The molecule has 0 aliphatic heterocycles. The minimum Gasteiger partial charge on any atom is -0.392 e. The highest BCUT2D eigenvalue weighted by molar-refractivity contribution is 5.56. The van der Waals surface area contributed by atoms with Gasteiger partial charge in [-0.05, 0) is 0 Å². The molecule has 1 aromatic heterocycles. The largest absolute Gasteiger partial charge is 0.392 e. The first kappa shape index (κ1) is 5.74. The van der Waals surface area contributed by atoms with Crippen LogP contribution < -0.4 is 11.5 Å². The fraction of sp³-hybridized carbons (Fsp3) is 0. The number of hydrogen-bond acceptors (Lipinski definition) is 4. The van der Waals surface area contributed by atoms with Crippen LogP contribution in [0.2, 0.25) is 0 Å². The van der Waals surface area contributed by atoms with Gasteiger partial charge in [-0.2, -0.15) is 4.39 Å². The number of rotatable bonds is 0. The van der Waals surface area contributed by atoms with Gasteiger partial charge in [-0.15, -0.1) is 0 Å². The molecule has 0 bridgehead atoms. The summed E-state index contributed by atoms with van der Waals surface area (Å²) in [7, 11) is 0. The van der Waals surface area contributed by atoms with Gasteiger partial charge in [-0.25, -0.2) is 9.97 Å². The Morgan fingerprint density at radius 2 is 2.00 bits per heavy atom. The molecule has 0 aliphatic carbocycles. The molecule has 4 N–H and O–H groups in total. The molecule has 48 valence electrons. The van der Waals surface area contributed by atoms with Crippen molar-refractivity contribution in [1.82, 2.24) is 9.97 Å². The summed E-state index contributed by atoms with van der Waals surface area (Å²) in [6, 6.07) is 0. The van der Waals surface area contributed by atoms with Crippen molar-refractivity contribution in [1.29, 1.82) is 0 Å². The Kier molecular flexibility index (Phi) is 1.18. The maximum absolute atomic E-state index is 12.2. The first-order chi connectivity index (χ1) is 4.22. The number of anilines is 2. The number of hydrogen-bond donors (Lipinski definition) is 2. The summed E-state index contributed by atoms with van der Waals surface area (Å²) in [5.41, 5.74) is 9.96. The third-order valence-corrected chi connectivity index (χ3v) is 0.866. The lowest BCUT2D eigenvalue weighted by atomic mass is 10.5. The fourth-order valence-electron chi connectivity index (χ4n) is 0.387. The van der Waals surface area contributed by atoms with E-state index in [1.165, 1.54) is 0 Å². The first-order valence-corrected chi connectivity index (χ1v) is 2.23. The average molecular weight is 128 g/mol. The molecule has 0 spiro atoms. The highest BCUT2D eigenvalue weighted by atomic mass is 19.1. The molecule has 0 saturated heterocycles. The van der Waals surface area contributed by atoms with Crippen molar-refractivity contribution in [3.63, 3.8) is 0 Å².